The maximum atomic E-state index is 14.5. The molecular formula is C50H76N14O14. The Morgan fingerprint density at radius 3 is 1.42 bits per heavy atom. The lowest BCUT2D eigenvalue weighted by Gasteiger charge is -2.30. The number of aliphatic hydroxyl groups is 2. The van der Waals surface area contributed by atoms with E-state index < -0.39 is 139 Å². The molecule has 0 aliphatic rings. The fourth-order valence-electron chi connectivity index (χ4n) is 7.85. The molecule has 78 heavy (non-hydrogen) atoms. The van der Waals surface area contributed by atoms with Crippen LogP contribution < -0.4 is 54.0 Å². The van der Waals surface area contributed by atoms with Crippen LogP contribution in [-0.2, 0) is 67.2 Å². The summed E-state index contributed by atoms with van der Waals surface area (Å²) in [6.45, 7) is 10.7. The number of aromatic hydroxyl groups is 1. The number of carbonyl (C=O) groups excluding carboxylic acids is 9. The summed E-state index contributed by atoms with van der Waals surface area (Å²) in [5.74, 6) is -11.1. The molecule has 2 aromatic heterocycles. The number of hydrogen-bond acceptors (Lipinski definition) is 16. The average Bonchev–Trinajstić information content (AvgIpc) is 4.10. The molecule has 0 aliphatic carbocycles. The van der Waals surface area contributed by atoms with Crippen LogP contribution in [0.4, 0.5) is 0 Å². The summed E-state index contributed by atoms with van der Waals surface area (Å²) >= 11 is 0. The Balaban J connectivity index is 1.93. The van der Waals surface area contributed by atoms with Crippen LogP contribution >= 0.6 is 0 Å². The number of aromatic nitrogens is 4. The summed E-state index contributed by atoms with van der Waals surface area (Å²) in [5, 5.41) is 60.0. The minimum absolute atomic E-state index is 0.0190. The second kappa shape index (κ2) is 31.3. The third-order valence-corrected chi connectivity index (χ3v) is 12.3. The number of aromatic amines is 2. The first-order valence-corrected chi connectivity index (χ1v) is 25.4. The van der Waals surface area contributed by atoms with Crippen molar-refractivity contribution < 1.29 is 68.4 Å². The Kier molecular flexibility index (Phi) is 25.8. The van der Waals surface area contributed by atoms with Crippen LogP contribution in [0.15, 0.2) is 49.3 Å². The van der Waals surface area contributed by atoms with E-state index in [4.69, 9.17) is 11.5 Å². The molecule has 18 N–H and O–H groups in total. The van der Waals surface area contributed by atoms with Gasteiger partial charge in [-0.2, -0.15) is 0 Å². The molecule has 0 unspecified atom stereocenters. The zero-order valence-electron chi connectivity index (χ0n) is 44.7. The predicted molar refractivity (Wildman–Crippen MR) is 278 cm³/mol. The highest BCUT2D eigenvalue weighted by Crippen LogP contribution is 2.15. The number of imidazole rings is 2. The van der Waals surface area contributed by atoms with Crippen molar-refractivity contribution in [3.8, 4) is 5.75 Å². The molecule has 3 rings (SSSR count). The summed E-state index contributed by atoms with van der Waals surface area (Å²) < 4.78 is 0. The summed E-state index contributed by atoms with van der Waals surface area (Å²) in [4.78, 5) is 149. The number of carboxylic acid groups (broad SMARTS) is 1. The van der Waals surface area contributed by atoms with Crippen LogP contribution in [0.1, 0.15) is 91.1 Å². The van der Waals surface area contributed by atoms with Gasteiger partial charge >= 0.3 is 5.97 Å². The van der Waals surface area contributed by atoms with Crippen molar-refractivity contribution in [1.82, 2.24) is 62.5 Å². The van der Waals surface area contributed by atoms with Crippen LogP contribution in [0.5, 0.6) is 5.75 Å². The first-order chi connectivity index (χ1) is 36.7. The largest absolute Gasteiger partial charge is 0.508 e. The molecule has 11 atom stereocenters. The molecular weight excluding hydrogens is 1020 g/mol. The SMILES string of the molecule is CC[C@H](C)[C@H](NC(=O)[C@@H](NC(=O)[C@H](Cc1cnc[nH]1)NC(=O)[C@H](Cc1cnc[nH]1)NC(=O)[C@H](CC(C)C)NC(=O)[C@H](Cc1ccc(O)cc1)NC(=O)[C@@H](N)CO)[C@@H](C)O)C(=O)N[C@@H](CC(N)=O)C(=O)N[C@@H](CC(C)C)C(=O)O. The molecule has 9 amide bonds. The lowest BCUT2D eigenvalue weighted by Crippen LogP contribution is -2.63. The summed E-state index contributed by atoms with van der Waals surface area (Å²) in [5.41, 5.74) is 12.3. The van der Waals surface area contributed by atoms with Gasteiger partial charge in [0.05, 0.1) is 31.8 Å². The Labute approximate surface area is 450 Å². The molecule has 2 heterocycles. The lowest BCUT2D eigenvalue weighted by atomic mass is 9.96. The molecule has 3 aromatic rings. The van der Waals surface area contributed by atoms with E-state index in [2.05, 4.69) is 62.5 Å². The maximum Gasteiger partial charge on any atom is 0.326 e. The topological polar surface area (TPSA) is 457 Å². The van der Waals surface area contributed by atoms with Crippen molar-refractivity contribution in [2.24, 2.45) is 29.2 Å². The fourth-order valence-corrected chi connectivity index (χ4v) is 7.85. The van der Waals surface area contributed by atoms with Gasteiger partial charge in [-0.1, -0.05) is 60.1 Å². The van der Waals surface area contributed by atoms with Gasteiger partial charge in [0.25, 0.3) is 0 Å². The zero-order chi connectivity index (χ0) is 58.4. The molecule has 0 saturated carbocycles. The smallest absolute Gasteiger partial charge is 0.326 e. The number of hydrogen-bond donors (Lipinski definition) is 16. The second-order valence-electron chi connectivity index (χ2n) is 20.0. The number of aliphatic carboxylic acids is 1. The van der Waals surface area contributed by atoms with E-state index in [1.807, 2.05) is 0 Å². The van der Waals surface area contributed by atoms with E-state index in [0.29, 0.717) is 17.0 Å². The lowest BCUT2D eigenvalue weighted by molar-refractivity contribution is -0.143. The number of nitrogens with two attached hydrogens (primary N) is 2. The number of amides is 9. The van der Waals surface area contributed by atoms with Crippen LogP contribution in [-0.4, -0.2) is 167 Å². The van der Waals surface area contributed by atoms with Gasteiger partial charge in [0.1, 0.15) is 60.1 Å². The number of rotatable bonds is 33. The number of nitrogens with zero attached hydrogens (tertiary/aromatic N) is 2. The van der Waals surface area contributed by atoms with Gasteiger partial charge in [-0.25, -0.2) is 14.8 Å². The van der Waals surface area contributed by atoms with Crippen molar-refractivity contribution >= 4 is 59.1 Å². The van der Waals surface area contributed by atoms with E-state index in [9.17, 15) is 68.4 Å². The molecule has 430 valence electrons. The normalized spacial score (nSPS) is 15.5. The second-order valence-corrected chi connectivity index (χ2v) is 20.0. The van der Waals surface area contributed by atoms with Gasteiger partial charge < -0.3 is 84.4 Å². The number of aliphatic hydroxyl groups excluding tert-OH is 2. The van der Waals surface area contributed by atoms with Crippen molar-refractivity contribution in [2.75, 3.05) is 6.61 Å². The highest BCUT2D eigenvalue weighted by atomic mass is 16.4. The van der Waals surface area contributed by atoms with Crippen molar-refractivity contribution in [3.05, 3.63) is 66.3 Å². The third-order valence-electron chi connectivity index (χ3n) is 12.3. The number of carbonyl (C=O) groups is 10. The molecule has 0 spiro atoms. The first kappa shape index (κ1) is 64.3. The Bertz CT molecular complexity index is 2470. The molecule has 0 aliphatic heterocycles. The summed E-state index contributed by atoms with van der Waals surface area (Å²) in [7, 11) is 0. The molecule has 28 heteroatoms. The van der Waals surface area contributed by atoms with E-state index in [-0.39, 0.29) is 56.1 Å². The Morgan fingerprint density at radius 1 is 0.564 bits per heavy atom. The van der Waals surface area contributed by atoms with Gasteiger partial charge in [-0.05, 0) is 55.2 Å². The molecule has 1 aromatic carbocycles. The number of carboxylic acids is 1. The quantitative estimate of drug-likeness (QED) is 0.0282. The van der Waals surface area contributed by atoms with Gasteiger partial charge in [0.2, 0.25) is 53.2 Å². The van der Waals surface area contributed by atoms with Gasteiger partial charge in [0, 0.05) is 43.0 Å². The van der Waals surface area contributed by atoms with E-state index in [1.54, 1.807) is 41.5 Å². The van der Waals surface area contributed by atoms with Crippen molar-refractivity contribution in [3.63, 3.8) is 0 Å². The summed E-state index contributed by atoms with van der Waals surface area (Å²) in [6.07, 6.45) is 2.62. The minimum atomic E-state index is -1.81. The van der Waals surface area contributed by atoms with Crippen molar-refractivity contribution in [2.45, 2.75) is 154 Å². The zero-order valence-corrected chi connectivity index (χ0v) is 44.7. The summed E-state index contributed by atoms with van der Waals surface area (Å²) in [6, 6.07) is -7.66. The van der Waals surface area contributed by atoms with Gasteiger partial charge in [0.15, 0.2) is 0 Å². The van der Waals surface area contributed by atoms with E-state index in [0.717, 1.165) is 0 Å². The standard InChI is InChI=1S/C50H76N14O14/c1-8-26(6)40(48(75)61-37(18-39(52)68)46(73)62-38(50(77)78)14-25(4)5)63-49(76)41(27(7)66)64-47(74)36(17-30-20-54-23-56-30)60-45(72)35(16-29-19-53-22-55-29)59-43(70)33(13-24(2)3)58-44(71)34(57-42(69)32(51)21-65)15-28-9-11-31(67)12-10-28/h9-12,19-20,22-27,32-38,40-41,65-67H,8,13-18,21,51H2,1-7H3,(H2,52,68)(H,53,55)(H,54,56)(H,57,69)(H,58,71)(H,59,70)(H,60,72)(H,61,75)(H,62,73)(H,63,76)(H,64,74)(H,77,78)/t26-,27+,32-,33-,34-,35-,36-,37-,38-,40-,41-/m0/s1. The Morgan fingerprint density at radius 2 is 0.974 bits per heavy atom. The number of benzene rings is 1. The van der Waals surface area contributed by atoms with Crippen LogP contribution in [0.25, 0.3) is 0 Å². The monoisotopic (exact) mass is 1100 g/mol. The number of nitrogens with one attached hydrogen (secondary N) is 10. The number of H-pyrrole nitrogens is 2. The molecule has 0 radical (unpaired) electrons. The third kappa shape index (κ3) is 21.2. The first-order valence-electron chi connectivity index (χ1n) is 25.4. The molecule has 0 bridgehead atoms. The maximum absolute atomic E-state index is 14.5. The minimum Gasteiger partial charge on any atom is -0.508 e. The Hall–Kier alpha value is -7.98. The highest BCUT2D eigenvalue weighted by Gasteiger charge is 2.38. The average molecular weight is 1100 g/mol. The molecule has 28 nitrogen and oxygen atoms in total. The van der Waals surface area contributed by atoms with Gasteiger partial charge in [-0.3, -0.25) is 43.2 Å². The van der Waals surface area contributed by atoms with E-state index >= 15 is 0 Å². The highest BCUT2D eigenvalue weighted by molar-refractivity contribution is 5.99. The van der Waals surface area contributed by atoms with Crippen molar-refractivity contribution in [1.29, 1.82) is 0 Å². The number of primary amides is 1. The molecule has 0 fully saturated rings. The van der Waals surface area contributed by atoms with Gasteiger partial charge in [-0.15, -0.1) is 0 Å². The van der Waals surface area contributed by atoms with Crippen LogP contribution in [0, 0.1) is 17.8 Å². The van der Waals surface area contributed by atoms with E-state index in [1.165, 1.54) is 56.2 Å². The number of phenolic OH excluding ortho intramolecular Hbond substituents is 1. The predicted octanol–water partition coefficient (Wildman–Crippen LogP) is -3.46. The van der Waals surface area contributed by atoms with Crippen LogP contribution in [0.3, 0.4) is 0 Å². The molecule has 0 saturated heterocycles. The van der Waals surface area contributed by atoms with Crippen LogP contribution in [0.2, 0.25) is 0 Å². The fraction of sp³-hybridized carbons (Fsp3) is 0.560. The number of phenols is 1.